The van der Waals surface area contributed by atoms with Gasteiger partial charge in [0.05, 0.1) is 11.7 Å². The van der Waals surface area contributed by atoms with Crippen LogP contribution in [0.1, 0.15) is 28.7 Å². The zero-order valence-electron chi connectivity index (χ0n) is 15.2. The summed E-state index contributed by atoms with van der Waals surface area (Å²) in [6.07, 6.45) is 2.02. The molecular weight excluding hydrogens is 310 g/mol. The molecule has 0 saturated carbocycles. The van der Waals surface area contributed by atoms with E-state index in [1.54, 1.807) is 0 Å². The van der Waals surface area contributed by atoms with Crippen molar-refractivity contribution in [3.63, 3.8) is 0 Å². The van der Waals surface area contributed by atoms with Crippen LogP contribution in [-0.4, -0.2) is 54.6 Å². The van der Waals surface area contributed by atoms with Crippen LogP contribution in [-0.2, 0) is 12.8 Å². The van der Waals surface area contributed by atoms with E-state index in [0.29, 0.717) is 6.04 Å². The second kappa shape index (κ2) is 7.10. The van der Waals surface area contributed by atoms with E-state index in [1.165, 1.54) is 22.6 Å². The normalized spacial score (nSPS) is 21.7. The van der Waals surface area contributed by atoms with Crippen LogP contribution in [0.25, 0.3) is 0 Å². The molecule has 2 aliphatic heterocycles. The Kier molecular flexibility index (Phi) is 4.68. The minimum atomic E-state index is 0.407. The predicted octanol–water partition coefficient (Wildman–Crippen LogP) is 1.97. The fourth-order valence-electron chi connectivity index (χ4n) is 4.01. The summed E-state index contributed by atoms with van der Waals surface area (Å²) in [5.41, 5.74) is 3.97. The Morgan fingerprint density at radius 2 is 1.84 bits per heavy atom. The molecule has 1 saturated heterocycles. The highest BCUT2D eigenvalue weighted by Crippen LogP contribution is 2.30. The van der Waals surface area contributed by atoms with Crippen LogP contribution in [0.4, 0.5) is 5.82 Å². The highest BCUT2D eigenvalue weighted by Gasteiger charge is 2.29. The number of rotatable bonds is 2. The Bertz CT molecular complexity index is 730. The number of nitrogens with zero attached hydrogens (tertiary/aromatic N) is 4. The van der Waals surface area contributed by atoms with Crippen molar-refractivity contribution in [1.82, 2.24) is 20.2 Å². The van der Waals surface area contributed by atoms with Gasteiger partial charge in [0.25, 0.3) is 0 Å². The topological polar surface area (TPSA) is 44.3 Å². The third-order valence-electron chi connectivity index (χ3n) is 5.40. The Balaban J connectivity index is 1.67. The number of aryl methyl sites for hydroxylation is 1. The molecule has 2 aromatic rings. The van der Waals surface area contributed by atoms with Crippen molar-refractivity contribution in [2.24, 2.45) is 0 Å². The summed E-state index contributed by atoms with van der Waals surface area (Å²) in [7, 11) is 2.23. The lowest BCUT2D eigenvalue weighted by atomic mass is 10.0. The summed E-state index contributed by atoms with van der Waals surface area (Å²) in [5, 5.41) is 3.49. The molecule has 1 aromatic carbocycles. The standard InChI is InChI=1S/C20H27N5/c1-15-22-18-9-11-21-10-8-17(18)20(23-15)25-13-12-24(2)19(14-25)16-6-4-3-5-7-16/h3-7,19,21H,8-14H2,1-2H3/t19-/m1/s1. The Morgan fingerprint density at radius 1 is 1.04 bits per heavy atom. The van der Waals surface area contributed by atoms with E-state index >= 15 is 0 Å². The van der Waals surface area contributed by atoms with Gasteiger partial charge in [-0.15, -0.1) is 0 Å². The van der Waals surface area contributed by atoms with Gasteiger partial charge in [-0.2, -0.15) is 0 Å². The van der Waals surface area contributed by atoms with Crippen molar-refractivity contribution in [2.75, 3.05) is 44.7 Å². The summed E-state index contributed by atoms with van der Waals surface area (Å²) < 4.78 is 0. The summed E-state index contributed by atoms with van der Waals surface area (Å²) >= 11 is 0. The molecule has 1 aromatic heterocycles. The molecule has 25 heavy (non-hydrogen) atoms. The van der Waals surface area contributed by atoms with E-state index in [2.05, 4.69) is 52.5 Å². The lowest BCUT2D eigenvalue weighted by Crippen LogP contribution is -2.47. The van der Waals surface area contributed by atoms with Gasteiger partial charge in [-0.05, 0) is 32.5 Å². The molecule has 5 heteroatoms. The van der Waals surface area contributed by atoms with Crippen LogP contribution < -0.4 is 10.2 Å². The molecule has 0 aliphatic carbocycles. The van der Waals surface area contributed by atoms with Gasteiger partial charge in [0, 0.05) is 38.2 Å². The van der Waals surface area contributed by atoms with Crippen LogP contribution in [0.15, 0.2) is 30.3 Å². The first kappa shape index (κ1) is 16.5. The lowest BCUT2D eigenvalue weighted by molar-refractivity contribution is 0.220. The van der Waals surface area contributed by atoms with Crippen LogP contribution in [0.3, 0.4) is 0 Å². The van der Waals surface area contributed by atoms with E-state index < -0.39 is 0 Å². The monoisotopic (exact) mass is 337 g/mol. The number of benzene rings is 1. The van der Waals surface area contributed by atoms with E-state index in [4.69, 9.17) is 9.97 Å². The second-order valence-electron chi connectivity index (χ2n) is 7.12. The number of hydrogen-bond donors (Lipinski definition) is 1. The Labute approximate surface area is 150 Å². The van der Waals surface area contributed by atoms with E-state index in [-0.39, 0.29) is 0 Å². The minimum Gasteiger partial charge on any atom is -0.353 e. The first-order valence-corrected chi connectivity index (χ1v) is 9.29. The maximum absolute atomic E-state index is 4.87. The summed E-state index contributed by atoms with van der Waals surface area (Å²) in [4.78, 5) is 14.5. The molecule has 1 atom stereocenters. The quantitative estimate of drug-likeness (QED) is 0.908. The van der Waals surface area contributed by atoms with Crippen LogP contribution in [0.2, 0.25) is 0 Å². The first-order valence-electron chi connectivity index (χ1n) is 9.29. The number of piperazine rings is 1. The number of hydrogen-bond acceptors (Lipinski definition) is 5. The molecular formula is C20H27N5. The van der Waals surface area contributed by atoms with Crippen LogP contribution in [0.5, 0.6) is 0 Å². The summed E-state index contributed by atoms with van der Waals surface area (Å²) in [5.74, 6) is 2.06. The van der Waals surface area contributed by atoms with Gasteiger partial charge in [0.15, 0.2) is 0 Å². The smallest absolute Gasteiger partial charge is 0.135 e. The van der Waals surface area contributed by atoms with Gasteiger partial charge in [-0.25, -0.2) is 9.97 Å². The maximum Gasteiger partial charge on any atom is 0.135 e. The highest BCUT2D eigenvalue weighted by atomic mass is 15.3. The zero-order valence-corrected chi connectivity index (χ0v) is 15.2. The third kappa shape index (κ3) is 3.39. The largest absolute Gasteiger partial charge is 0.353 e. The van der Waals surface area contributed by atoms with E-state index in [9.17, 15) is 0 Å². The molecule has 3 heterocycles. The molecule has 0 radical (unpaired) electrons. The predicted molar refractivity (Wildman–Crippen MR) is 101 cm³/mol. The number of anilines is 1. The van der Waals surface area contributed by atoms with Gasteiger partial charge < -0.3 is 10.2 Å². The Hall–Kier alpha value is -1.98. The van der Waals surface area contributed by atoms with Crippen molar-refractivity contribution in [1.29, 1.82) is 0 Å². The molecule has 132 valence electrons. The first-order chi connectivity index (χ1) is 12.2. The highest BCUT2D eigenvalue weighted by molar-refractivity contribution is 5.51. The van der Waals surface area contributed by atoms with Crippen LogP contribution in [0, 0.1) is 6.92 Å². The molecule has 0 spiro atoms. The number of aromatic nitrogens is 2. The molecule has 2 aliphatic rings. The minimum absolute atomic E-state index is 0.407. The average molecular weight is 337 g/mol. The van der Waals surface area contributed by atoms with Crippen molar-refractivity contribution >= 4 is 5.82 Å². The van der Waals surface area contributed by atoms with E-state index in [1.807, 2.05) is 6.92 Å². The van der Waals surface area contributed by atoms with Crippen LogP contribution >= 0.6 is 0 Å². The molecule has 4 rings (SSSR count). The van der Waals surface area contributed by atoms with Crippen molar-refractivity contribution in [3.05, 3.63) is 53.0 Å². The van der Waals surface area contributed by atoms with Crippen molar-refractivity contribution < 1.29 is 0 Å². The average Bonchev–Trinajstić information content (AvgIpc) is 2.87. The van der Waals surface area contributed by atoms with Gasteiger partial charge in [0.1, 0.15) is 11.6 Å². The lowest BCUT2D eigenvalue weighted by Gasteiger charge is -2.41. The number of likely N-dealkylation sites (N-methyl/N-ethyl adjacent to an activating group) is 1. The zero-order chi connectivity index (χ0) is 17.2. The fraction of sp³-hybridized carbons (Fsp3) is 0.500. The fourth-order valence-corrected chi connectivity index (χ4v) is 4.01. The molecule has 1 fully saturated rings. The maximum atomic E-state index is 4.87. The van der Waals surface area contributed by atoms with E-state index in [0.717, 1.165) is 51.4 Å². The molecule has 0 amide bonds. The molecule has 0 unspecified atom stereocenters. The third-order valence-corrected chi connectivity index (χ3v) is 5.40. The number of nitrogens with one attached hydrogen (secondary N) is 1. The van der Waals surface area contributed by atoms with Gasteiger partial charge in [0.2, 0.25) is 0 Å². The molecule has 0 bridgehead atoms. The van der Waals surface area contributed by atoms with Gasteiger partial charge in [-0.3, -0.25) is 4.90 Å². The molecule has 5 nitrogen and oxygen atoms in total. The molecule has 1 N–H and O–H groups in total. The Morgan fingerprint density at radius 3 is 2.68 bits per heavy atom. The summed E-state index contributed by atoms with van der Waals surface area (Å²) in [6.45, 7) is 7.11. The van der Waals surface area contributed by atoms with Crippen molar-refractivity contribution in [3.8, 4) is 0 Å². The van der Waals surface area contributed by atoms with Crippen molar-refractivity contribution in [2.45, 2.75) is 25.8 Å². The second-order valence-corrected chi connectivity index (χ2v) is 7.12. The van der Waals surface area contributed by atoms with Gasteiger partial charge in [-0.1, -0.05) is 30.3 Å². The SMILES string of the molecule is Cc1nc2c(c(N3CCN(C)[C@@H](c4ccccc4)C3)n1)CCNCC2. The van der Waals surface area contributed by atoms with Gasteiger partial charge >= 0.3 is 0 Å². The number of fused-ring (bicyclic) bond motifs is 1. The summed E-state index contributed by atoms with van der Waals surface area (Å²) in [6, 6.07) is 11.2.